The van der Waals surface area contributed by atoms with Crippen molar-refractivity contribution in [2.75, 3.05) is 7.05 Å². The first kappa shape index (κ1) is 28.1. The summed E-state index contributed by atoms with van der Waals surface area (Å²) in [6.45, 7) is 6.06. The van der Waals surface area contributed by atoms with E-state index in [1.54, 1.807) is 6.92 Å². The molecule has 38 heavy (non-hydrogen) atoms. The lowest BCUT2D eigenvalue weighted by atomic mass is 9.97. The number of carbonyl (C=O) groups is 1. The quantitative estimate of drug-likeness (QED) is 0.339. The third-order valence-electron chi connectivity index (χ3n) is 8.08. The predicted molar refractivity (Wildman–Crippen MR) is 154 cm³/mol. The van der Waals surface area contributed by atoms with Gasteiger partial charge in [0.25, 0.3) is 0 Å². The molecule has 2 aliphatic rings. The molecule has 0 radical (unpaired) electrons. The molecule has 2 bridgehead atoms. The Balaban J connectivity index is 0.000000196. The Morgan fingerprint density at radius 1 is 0.816 bits per heavy atom. The van der Waals surface area contributed by atoms with Crippen molar-refractivity contribution < 1.29 is 14.6 Å². The standard InChI is InChI=1S/C21H25NO.C13H18O2/c1-22-18-12-13-19(22)15-20(14-18)23-21(16-8-4-2-5-9-16)17-10-6-3-7-11-17;1-9(2)8-11-4-6-12(7-5-11)10(3)13(14)15/h2-11,18-21H,12-15H2,1H3;4-7,9-10H,8H2,1-3H3,(H,14,15). The van der Waals surface area contributed by atoms with E-state index in [4.69, 9.17) is 9.84 Å². The second kappa shape index (κ2) is 13.2. The number of nitrogens with zero attached hydrogens (tertiary/aromatic N) is 1. The van der Waals surface area contributed by atoms with Crippen LogP contribution >= 0.6 is 0 Å². The molecule has 0 aliphatic carbocycles. The number of carboxylic acids is 1. The zero-order valence-corrected chi connectivity index (χ0v) is 23.3. The lowest BCUT2D eigenvalue weighted by Gasteiger charge is -2.38. The summed E-state index contributed by atoms with van der Waals surface area (Å²) in [5.41, 5.74) is 4.65. The SMILES string of the molecule is CC(C)Cc1ccc(C(C)C(=O)O)cc1.CN1C2CCC1CC(OC(c1ccccc1)c1ccccc1)C2. The van der Waals surface area contributed by atoms with Gasteiger partial charge in [-0.25, -0.2) is 0 Å². The minimum absolute atomic E-state index is 0.0465. The molecular weight excluding hydrogens is 470 g/mol. The Morgan fingerprint density at radius 3 is 1.76 bits per heavy atom. The van der Waals surface area contributed by atoms with Crippen LogP contribution in [0.4, 0.5) is 0 Å². The topological polar surface area (TPSA) is 49.8 Å². The molecule has 4 heteroatoms. The van der Waals surface area contributed by atoms with Gasteiger partial charge < -0.3 is 14.7 Å². The highest BCUT2D eigenvalue weighted by atomic mass is 16.5. The molecule has 202 valence electrons. The number of rotatable bonds is 8. The van der Waals surface area contributed by atoms with E-state index in [2.05, 4.69) is 86.5 Å². The van der Waals surface area contributed by atoms with E-state index in [9.17, 15) is 4.79 Å². The fourth-order valence-corrected chi connectivity index (χ4v) is 5.83. The summed E-state index contributed by atoms with van der Waals surface area (Å²) in [6.07, 6.45) is 6.47. The van der Waals surface area contributed by atoms with Crippen LogP contribution in [0.5, 0.6) is 0 Å². The molecule has 1 N–H and O–H groups in total. The van der Waals surface area contributed by atoms with Gasteiger partial charge in [-0.15, -0.1) is 0 Å². The lowest BCUT2D eigenvalue weighted by Crippen LogP contribution is -2.43. The second-order valence-electron chi connectivity index (χ2n) is 11.4. The van der Waals surface area contributed by atoms with E-state index in [-0.39, 0.29) is 6.10 Å². The summed E-state index contributed by atoms with van der Waals surface area (Å²) >= 11 is 0. The van der Waals surface area contributed by atoms with Crippen molar-refractivity contribution in [1.29, 1.82) is 0 Å². The monoisotopic (exact) mass is 513 g/mol. The van der Waals surface area contributed by atoms with Crippen molar-refractivity contribution in [1.82, 2.24) is 4.90 Å². The molecule has 0 amide bonds. The molecule has 0 aromatic heterocycles. The van der Waals surface area contributed by atoms with Crippen molar-refractivity contribution >= 4 is 5.97 Å². The maximum atomic E-state index is 10.8. The number of fused-ring (bicyclic) bond motifs is 2. The minimum atomic E-state index is -0.772. The van der Waals surface area contributed by atoms with Crippen LogP contribution in [0.3, 0.4) is 0 Å². The molecule has 2 aliphatic heterocycles. The number of aliphatic carboxylic acids is 1. The summed E-state index contributed by atoms with van der Waals surface area (Å²) in [7, 11) is 2.28. The van der Waals surface area contributed by atoms with Gasteiger partial charge in [-0.05, 0) is 74.2 Å². The van der Waals surface area contributed by atoms with Crippen LogP contribution in [0.2, 0.25) is 0 Å². The van der Waals surface area contributed by atoms with Crippen molar-refractivity contribution in [3.63, 3.8) is 0 Å². The zero-order chi connectivity index (χ0) is 27.1. The highest BCUT2D eigenvalue weighted by molar-refractivity contribution is 5.75. The van der Waals surface area contributed by atoms with Crippen molar-refractivity contribution in [2.45, 2.75) is 83.1 Å². The largest absolute Gasteiger partial charge is 0.481 e. The van der Waals surface area contributed by atoms with Gasteiger partial charge in [0, 0.05) is 12.1 Å². The van der Waals surface area contributed by atoms with Gasteiger partial charge in [-0.3, -0.25) is 4.79 Å². The van der Waals surface area contributed by atoms with Gasteiger partial charge in [0.15, 0.2) is 0 Å². The first-order valence-corrected chi connectivity index (χ1v) is 14.1. The Kier molecular flexibility index (Phi) is 9.76. The molecule has 3 unspecified atom stereocenters. The Hall–Kier alpha value is -2.95. The normalized spacial score (nSPS) is 21.7. The number of benzene rings is 3. The number of ether oxygens (including phenoxy) is 1. The van der Waals surface area contributed by atoms with E-state index in [1.165, 1.54) is 42.4 Å². The van der Waals surface area contributed by atoms with Crippen molar-refractivity contribution in [3.05, 3.63) is 107 Å². The Morgan fingerprint density at radius 2 is 1.32 bits per heavy atom. The van der Waals surface area contributed by atoms with Gasteiger partial charge in [-0.2, -0.15) is 0 Å². The third kappa shape index (κ3) is 7.33. The number of hydrogen-bond donors (Lipinski definition) is 1. The molecule has 3 aromatic rings. The molecular formula is C34H43NO3. The van der Waals surface area contributed by atoms with Gasteiger partial charge in [0.1, 0.15) is 6.10 Å². The Labute approximate surface area is 228 Å². The molecule has 2 heterocycles. The first-order chi connectivity index (χ1) is 18.3. The fourth-order valence-electron chi connectivity index (χ4n) is 5.83. The number of piperidine rings is 1. The lowest BCUT2D eigenvalue weighted by molar-refractivity contribution is -0.138. The van der Waals surface area contributed by atoms with E-state index < -0.39 is 11.9 Å². The highest BCUT2D eigenvalue weighted by Gasteiger charge is 2.39. The maximum Gasteiger partial charge on any atom is 0.310 e. The highest BCUT2D eigenvalue weighted by Crippen LogP contribution is 2.38. The summed E-state index contributed by atoms with van der Waals surface area (Å²) in [5, 5.41) is 8.85. The van der Waals surface area contributed by atoms with Crippen LogP contribution < -0.4 is 0 Å². The van der Waals surface area contributed by atoms with E-state index >= 15 is 0 Å². The molecule has 2 fully saturated rings. The van der Waals surface area contributed by atoms with Crippen molar-refractivity contribution in [3.8, 4) is 0 Å². The smallest absolute Gasteiger partial charge is 0.310 e. The molecule has 0 saturated carbocycles. The van der Waals surface area contributed by atoms with Crippen LogP contribution in [0, 0.1) is 5.92 Å². The maximum absolute atomic E-state index is 10.8. The number of hydrogen-bond acceptors (Lipinski definition) is 3. The van der Waals surface area contributed by atoms with E-state index in [0.29, 0.717) is 24.1 Å². The molecule has 4 nitrogen and oxygen atoms in total. The van der Waals surface area contributed by atoms with Crippen LogP contribution in [0.1, 0.15) is 80.7 Å². The van der Waals surface area contributed by atoms with E-state index in [1.807, 2.05) is 24.3 Å². The van der Waals surface area contributed by atoms with E-state index in [0.717, 1.165) is 12.0 Å². The fraction of sp³-hybridized carbons (Fsp3) is 0.441. The molecule has 5 rings (SSSR count). The van der Waals surface area contributed by atoms with Gasteiger partial charge in [0.05, 0.1) is 12.0 Å². The number of carboxylic acid groups (broad SMARTS) is 1. The van der Waals surface area contributed by atoms with Gasteiger partial charge >= 0.3 is 5.97 Å². The van der Waals surface area contributed by atoms with Crippen LogP contribution in [-0.4, -0.2) is 41.2 Å². The zero-order valence-electron chi connectivity index (χ0n) is 23.3. The van der Waals surface area contributed by atoms with Crippen LogP contribution in [-0.2, 0) is 16.0 Å². The Bertz CT molecular complexity index is 1080. The predicted octanol–water partition coefficient (Wildman–Crippen LogP) is 7.49. The average Bonchev–Trinajstić information content (AvgIpc) is 3.12. The second-order valence-corrected chi connectivity index (χ2v) is 11.4. The van der Waals surface area contributed by atoms with Crippen LogP contribution in [0.25, 0.3) is 0 Å². The summed E-state index contributed by atoms with van der Waals surface area (Å²) < 4.78 is 6.67. The third-order valence-corrected chi connectivity index (χ3v) is 8.08. The summed E-state index contributed by atoms with van der Waals surface area (Å²) in [5.74, 6) is -0.558. The van der Waals surface area contributed by atoms with Crippen LogP contribution in [0.15, 0.2) is 84.9 Å². The molecule has 2 saturated heterocycles. The van der Waals surface area contributed by atoms with Gasteiger partial charge in [0.2, 0.25) is 0 Å². The first-order valence-electron chi connectivity index (χ1n) is 14.1. The molecule has 3 atom stereocenters. The minimum Gasteiger partial charge on any atom is -0.481 e. The summed E-state index contributed by atoms with van der Waals surface area (Å²) in [6, 6.07) is 30.6. The average molecular weight is 514 g/mol. The van der Waals surface area contributed by atoms with Crippen molar-refractivity contribution in [2.24, 2.45) is 5.92 Å². The van der Waals surface area contributed by atoms with Gasteiger partial charge in [-0.1, -0.05) is 98.8 Å². The molecule has 0 spiro atoms. The summed E-state index contributed by atoms with van der Waals surface area (Å²) in [4.78, 5) is 13.3. The molecule has 3 aromatic carbocycles.